The van der Waals surface area contributed by atoms with Crippen LogP contribution in [0.25, 0.3) is 0 Å². The zero-order valence-electron chi connectivity index (χ0n) is 11.3. The molecule has 1 fully saturated rings. The lowest BCUT2D eigenvalue weighted by Gasteiger charge is -2.22. The van der Waals surface area contributed by atoms with Gasteiger partial charge in [-0.15, -0.1) is 0 Å². The number of sulfonamides is 1. The summed E-state index contributed by atoms with van der Waals surface area (Å²) in [5.41, 5.74) is 0. The standard InChI is InChI=1S/C13H17NO6S/c15-13(16)9-20-11-1-3-12(4-2-11)21(17,18)14-10-5-7-19-8-6-10/h1-4,10,14H,5-9H2,(H,15,16). The molecule has 0 radical (unpaired) electrons. The number of hydrogen-bond acceptors (Lipinski definition) is 5. The van der Waals surface area contributed by atoms with Crippen molar-refractivity contribution in [2.75, 3.05) is 19.8 Å². The molecule has 0 saturated carbocycles. The molecule has 0 amide bonds. The van der Waals surface area contributed by atoms with Crippen molar-refractivity contribution in [1.29, 1.82) is 0 Å². The van der Waals surface area contributed by atoms with E-state index in [1.807, 2.05) is 0 Å². The quantitative estimate of drug-likeness (QED) is 0.797. The number of nitrogens with one attached hydrogen (secondary N) is 1. The van der Waals surface area contributed by atoms with Gasteiger partial charge in [-0.05, 0) is 37.1 Å². The van der Waals surface area contributed by atoms with Gasteiger partial charge >= 0.3 is 5.97 Å². The van der Waals surface area contributed by atoms with E-state index in [0.29, 0.717) is 31.8 Å². The molecule has 0 aliphatic carbocycles. The summed E-state index contributed by atoms with van der Waals surface area (Å²) in [6.45, 7) is 0.636. The minimum Gasteiger partial charge on any atom is -0.482 e. The number of hydrogen-bond donors (Lipinski definition) is 2. The Morgan fingerprint density at radius 1 is 1.29 bits per heavy atom. The first-order valence-corrected chi connectivity index (χ1v) is 8.00. The lowest BCUT2D eigenvalue weighted by molar-refractivity contribution is -0.139. The lowest BCUT2D eigenvalue weighted by Crippen LogP contribution is -2.38. The van der Waals surface area contributed by atoms with Crippen molar-refractivity contribution in [2.45, 2.75) is 23.8 Å². The van der Waals surface area contributed by atoms with Gasteiger partial charge in [-0.3, -0.25) is 0 Å². The van der Waals surface area contributed by atoms with Crippen molar-refractivity contribution in [3.8, 4) is 5.75 Å². The molecule has 1 aliphatic heterocycles. The third-order valence-electron chi connectivity index (χ3n) is 3.04. The van der Waals surface area contributed by atoms with E-state index < -0.39 is 22.6 Å². The highest BCUT2D eigenvalue weighted by atomic mass is 32.2. The van der Waals surface area contributed by atoms with Crippen LogP contribution < -0.4 is 9.46 Å². The Hall–Kier alpha value is -1.64. The third-order valence-corrected chi connectivity index (χ3v) is 4.58. The molecule has 7 nitrogen and oxygen atoms in total. The summed E-state index contributed by atoms with van der Waals surface area (Å²) >= 11 is 0. The average molecular weight is 315 g/mol. The van der Waals surface area contributed by atoms with E-state index in [1.165, 1.54) is 24.3 Å². The first kappa shape index (κ1) is 15.7. The van der Waals surface area contributed by atoms with Crippen molar-refractivity contribution in [1.82, 2.24) is 4.72 Å². The largest absolute Gasteiger partial charge is 0.482 e. The maximum absolute atomic E-state index is 12.2. The molecule has 1 saturated heterocycles. The molecular weight excluding hydrogens is 298 g/mol. The molecule has 1 aliphatic rings. The highest BCUT2D eigenvalue weighted by Gasteiger charge is 2.22. The van der Waals surface area contributed by atoms with Gasteiger partial charge in [0.15, 0.2) is 6.61 Å². The molecule has 1 aromatic carbocycles. The number of aliphatic carboxylic acids is 1. The fourth-order valence-corrected chi connectivity index (χ4v) is 3.27. The van der Waals surface area contributed by atoms with Gasteiger partial charge in [0.25, 0.3) is 0 Å². The van der Waals surface area contributed by atoms with Crippen LogP contribution in [0.1, 0.15) is 12.8 Å². The van der Waals surface area contributed by atoms with Crippen LogP contribution in [-0.4, -0.2) is 45.4 Å². The Kier molecular flexibility index (Phi) is 5.16. The van der Waals surface area contributed by atoms with E-state index in [0.717, 1.165) is 0 Å². The van der Waals surface area contributed by atoms with Gasteiger partial charge in [0.05, 0.1) is 4.90 Å². The molecule has 116 valence electrons. The predicted octanol–water partition coefficient (Wildman–Crippen LogP) is 0.607. The Bertz CT molecular complexity index is 577. The van der Waals surface area contributed by atoms with Gasteiger partial charge in [-0.25, -0.2) is 17.9 Å². The van der Waals surface area contributed by atoms with Crippen LogP contribution in [0.3, 0.4) is 0 Å². The molecule has 21 heavy (non-hydrogen) atoms. The number of rotatable bonds is 6. The molecule has 0 spiro atoms. The molecule has 2 N–H and O–H groups in total. The molecule has 8 heteroatoms. The number of carboxylic acid groups (broad SMARTS) is 1. The van der Waals surface area contributed by atoms with Gasteiger partial charge < -0.3 is 14.6 Å². The van der Waals surface area contributed by atoms with Crippen LogP contribution in [0.15, 0.2) is 29.2 Å². The van der Waals surface area contributed by atoms with Crippen molar-refractivity contribution in [2.24, 2.45) is 0 Å². The zero-order chi connectivity index (χ0) is 15.3. The normalized spacial score (nSPS) is 16.6. The Morgan fingerprint density at radius 2 is 1.90 bits per heavy atom. The van der Waals surface area contributed by atoms with Crippen LogP contribution in [0, 0.1) is 0 Å². The van der Waals surface area contributed by atoms with Gasteiger partial charge in [-0.1, -0.05) is 0 Å². The Balaban J connectivity index is 2.00. The van der Waals surface area contributed by atoms with Crippen LogP contribution in [0.2, 0.25) is 0 Å². The van der Waals surface area contributed by atoms with Crippen molar-refractivity contribution in [3.63, 3.8) is 0 Å². The van der Waals surface area contributed by atoms with Gasteiger partial charge in [0.1, 0.15) is 5.75 Å². The van der Waals surface area contributed by atoms with Gasteiger partial charge in [-0.2, -0.15) is 0 Å². The highest BCUT2D eigenvalue weighted by molar-refractivity contribution is 7.89. The maximum atomic E-state index is 12.2. The Labute approximate surface area is 122 Å². The number of carbonyl (C=O) groups is 1. The van der Waals surface area contributed by atoms with Crippen LogP contribution in [-0.2, 0) is 19.6 Å². The summed E-state index contributed by atoms with van der Waals surface area (Å²) in [6.07, 6.45) is 1.30. The summed E-state index contributed by atoms with van der Waals surface area (Å²) in [4.78, 5) is 10.5. The van der Waals surface area contributed by atoms with Crippen molar-refractivity contribution in [3.05, 3.63) is 24.3 Å². The van der Waals surface area contributed by atoms with Crippen molar-refractivity contribution >= 4 is 16.0 Å². The summed E-state index contributed by atoms with van der Waals surface area (Å²) < 4.78 is 37.2. The monoisotopic (exact) mass is 315 g/mol. The molecule has 0 atom stereocenters. The SMILES string of the molecule is O=C(O)COc1ccc(S(=O)(=O)NC2CCOCC2)cc1. The van der Waals surface area contributed by atoms with E-state index in [2.05, 4.69) is 4.72 Å². The zero-order valence-corrected chi connectivity index (χ0v) is 12.1. The predicted molar refractivity (Wildman–Crippen MR) is 73.7 cm³/mol. The van der Waals surface area contributed by atoms with E-state index in [1.54, 1.807) is 0 Å². The second kappa shape index (κ2) is 6.88. The van der Waals surface area contributed by atoms with E-state index >= 15 is 0 Å². The van der Waals surface area contributed by atoms with E-state index in [4.69, 9.17) is 14.6 Å². The topological polar surface area (TPSA) is 102 Å². The average Bonchev–Trinajstić information content (AvgIpc) is 2.46. The van der Waals surface area contributed by atoms with Crippen molar-refractivity contribution < 1.29 is 27.8 Å². The molecule has 1 aromatic rings. The third kappa shape index (κ3) is 4.69. The second-order valence-corrected chi connectivity index (χ2v) is 6.38. The van der Waals surface area contributed by atoms with E-state index in [9.17, 15) is 13.2 Å². The molecule has 0 aromatic heterocycles. The molecule has 2 rings (SSSR count). The summed E-state index contributed by atoms with van der Waals surface area (Å²) in [7, 11) is -3.59. The second-order valence-electron chi connectivity index (χ2n) is 4.66. The highest BCUT2D eigenvalue weighted by Crippen LogP contribution is 2.17. The summed E-state index contributed by atoms with van der Waals surface area (Å²) in [5.74, 6) is -0.782. The number of ether oxygens (including phenoxy) is 2. The molecule has 0 bridgehead atoms. The van der Waals surface area contributed by atoms with Gasteiger partial charge in [0, 0.05) is 19.3 Å². The fourth-order valence-electron chi connectivity index (χ4n) is 1.96. The molecule has 1 heterocycles. The number of carboxylic acids is 1. The summed E-state index contributed by atoms with van der Waals surface area (Å²) in [5, 5.41) is 8.50. The van der Waals surface area contributed by atoms with E-state index in [-0.39, 0.29) is 10.9 Å². The maximum Gasteiger partial charge on any atom is 0.341 e. The lowest BCUT2D eigenvalue weighted by atomic mass is 10.1. The van der Waals surface area contributed by atoms with Gasteiger partial charge in [0.2, 0.25) is 10.0 Å². The minimum atomic E-state index is -3.59. The summed E-state index contributed by atoms with van der Waals surface area (Å²) in [6, 6.07) is 5.52. The minimum absolute atomic E-state index is 0.119. The fraction of sp³-hybridized carbons (Fsp3) is 0.462. The first-order chi connectivity index (χ1) is 9.97. The smallest absolute Gasteiger partial charge is 0.341 e. The molecular formula is C13H17NO6S. The first-order valence-electron chi connectivity index (χ1n) is 6.52. The Morgan fingerprint density at radius 3 is 2.48 bits per heavy atom. The van der Waals surface area contributed by atoms with Crippen LogP contribution in [0.5, 0.6) is 5.75 Å². The number of benzene rings is 1. The van der Waals surface area contributed by atoms with Crippen LogP contribution in [0.4, 0.5) is 0 Å². The molecule has 0 unspecified atom stereocenters. The van der Waals surface area contributed by atoms with Crippen LogP contribution >= 0.6 is 0 Å².